The number of rotatable bonds is 2. The normalized spacial score (nSPS) is 8.76. The second-order valence-corrected chi connectivity index (χ2v) is 3.38. The molecular weight excluding hydrogens is 327 g/mol. The van der Waals surface area contributed by atoms with E-state index >= 15 is 0 Å². The molecule has 0 spiro atoms. The molecule has 0 aliphatic heterocycles. The molecule has 0 atom stereocenters. The number of carbonyl (C=O) groups excluding carboxylic acids is 2. The molecule has 2 N–H and O–H groups in total. The summed E-state index contributed by atoms with van der Waals surface area (Å²) in [4.78, 5) is 27.0. The molecule has 0 bridgehead atoms. The average Bonchev–Trinajstić information content (AvgIpc) is 2.39. The van der Waals surface area contributed by atoms with Crippen molar-refractivity contribution >= 4 is 11.9 Å². The second kappa shape index (κ2) is 8.50. The van der Waals surface area contributed by atoms with Gasteiger partial charge in [0.05, 0.1) is 11.9 Å². The Bertz CT molecular complexity index is 579. The Labute approximate surface area is 128 Å². The molecule has 0 unspecified atom stereocenters. The zero-order valence-electron chi connectivity index (χ0n) is 10.2. The van der Waals surface area contributed by atoms with Crippen molar-refractivity contribution in [1.82, 2.24) is 9.97 Å². The van der Waals surface area contributed by atoms with Crippen molar-refractivity contribution in [1.29, 1.82) is 0 Å². The van der Waals surface area contributed by atoms with Crippen molar-refractivity contribution in [2.24, 2.45) is 0 Å². The first-order valence-electron chi connectivity index (χ1n) is 5.13. The molecule has 2 aromatic heterocycles. The Morgan fingerprint density at radius 2 is 1.19 bits per heavy atom. The molecule has 0 aliphatic carbocycles. The summed E-state index contributed by atoms with van der Waals surface area (Å²) in [5.74, 6) is -3.28. The summed E-state index contributed by atoms with van der Waals surface area (Å²) in [6.45, 7) is 0. The maximum atomic E-state index is 10.1. The molecule has 0 aromatic carbocycles. The fourth-order valence-electron chi connectivity index (χ4n) is 1.09. The van der Waals surface area contributed by atoms with E-state index in [2.05, 4.69) is 9.97 Å². The van der Waals surface area contributed by atoms with Crippen LogP contribution in [0.3, 0.4) is 0 Å². The molecule has 8 nitrogen and oxygen atoms in total. The first-order valence-corrected chi connectivity index (χ1v) is 5.13. The Kier molecular flexibility index (Phi) is 7.43. The summed E-state index contributed by atoms with van der Waals surface area (Å²) in [6.07, 6.45) is 2.39. The number of pyridine rings is 2. The van der Waals surface area contributed by atoms with Crippen LogP contribution in [0.15, 0.2) is 36.7 Å². The van der Waals surface area contributed by atoms with E-state index in [-0.39, 0.29) is 39.7 Å². The number of aromatic nitrogens is 2. The molecule has 2 aromatic rings. The summed E-state index contributed by atoms with van der Waals surface area (Å²) in [7, 11) is 0. The van der Waals surface area contributed by atoms with Crippen molar-refractivity contribution < 1.29 is 46.8 Å². The molecule has 2 heterocycles. The monoisotopic (exact) mass is 335 g/mol. The topological polar surface area (TPSA) is 146 Å². The van der Waals surface area contributed by atoms with Crippen LogP contribution >= 0.6 is 0 Å². The van der Waals surface area contributed by atoms with Crippen LogP contribution in [-0.4, -0.2) is 32.1 Å². The SMILES string of the molecule is O=C([O-])c1ccnc(O)c1.O=C([O-])c1ccnc(O)c1.[Co+2]. The number of carboxylic acid groups (broad SMARTS) is 2. The third kappa shape index (κ3) is 6.36. The van der Waals surface area contributed by atoms with Gasteiger partial charge in [-0.1, -0.05) is 0 Å². The minimum Gasteiger partial charge on any atom is -0.545 e. The number of aromatic hydroxyl groups is 2. The van der Waals surface area contributed by atoms with Crippen molar-refractivity contribution in [3.63, 3.8) is 0 Å². The van der Waals surface area contributed by atoms with Gasteiger partial charge in [-0.05, 0) is 12.1 Å². The van der Waals surface area contributed by atoms with E-state index in [0.717, 1.165) is 12.1 Å². The van der Waals surface area contributed by atoms with Crippen LogP contribution in [0.25, 0.3) is 0 Å². The van der Waals surface area contributed by atoms with E-state index in [9.17, 15) is 19.8 Å². The molecule has 9 heteroatoms. The summed E-state index contributed by atoms with van der Waals surface area (Å²) in [5.41, 5.74) is -0.153. The maximum Gasteiger partial charge on any atom is 2.00 e. The third-order valence-corrected chi connectivity index (χ3v) is 1.96. The van der Waals surface area contributed by atoms with E-state index in [0.29, 0.717) is 0 Å². The Morgan fingerprint density at radius 1 is 0.857 bits per heavy atom. The van der Waals surface area contributed by atoms with Crippen molar-refractivity contribution in [2.75, 3.05) is 0 Å². The Hall–Kier alpha value is -2.65. The van der Waals surface area contributed by atoms with Gasteiger partial charge >= 0.3 is 16.8 Å². The summed E-state index contributed by atoms with van der Waals surface area (Å²) >= 11 is 0. The van der Waals surface area contributed by atoms with E-state index in [1.165, 1.54) is 24.5 Å². The summed E-state index contributed by atoms with van der Waals surface area (Å²) in [5, 5.41) is 37.5. The smallest absolute Gasteiger partial charge is 0.545 e. The largest absolute Gasteiger partial charge is 2.00 e. The Balaban J connectivity index is 0.000000364. The van der Waals surface area contributed by atoms with Crippen LogP contribution in [0.2, 0.25) is 0 Å². The number of hydrogen-bond donors (Lipinski definition) is 2. The zero-order chi connectivity index (χ0) is 15.1. The van der Waals surface area contributed by atoms with Gasteiger partial charge in [-0.2, -0.15) is 0 Å². The number of hydrogen-bond acceptors (Lipinski definition) is 8. The van der Waals surface area contributed by atoms with Gasteiger partial charge in [0.25, 0.3) is 0 Å². The molecule has 2 rings (SSSR count). The standard InChI is InChI=1S/2C6H5NO3.Co/c2*8-5-3-4(6(9)10)1-2-7-5;/h2*1-3H,(H,7,8)(H,9,10);/q;;+2/p-2. The van der Waals surface area contributed by atoms with Gasteiger partial charge < -0.3 is 30.0 Å². The van der Waals surface area contributed by atoms with E-state index in [1.807, 2.05) is 0 Å². The van der Waals surface area contributed by atoms with Gasteiger partial charge in [-0.15, -0.1) is 0 Å². The molecule has 1 radical (unpaired) electrons. The van der Waals surface area contributed by atoms with Gasteiger partial charge in [-0.25, -0.2) is 9.97 Å². The van der Waals surface area contributed by atoms with Crippen LogP contribution in [-0.2, 0) is 16.8 Å². The van der Waals surface area contributed by atoms with Crippen LogP contribution in [0.4, 0.5) is 0 Å². The average molecular weight is 335 g/mol. The van der Waals surface area contributed by atoms with Crippen LogP contribution < -0.4 is 10.2 Å². The minimum absolute atomic E-state index is 0. The van der Waals surface area contributed by atoms with E-state index in [1.54, 1.807) is 0 Å². The van der Waals surface area contributed by atoms with Gasteiger partial charge in [0.2, 0.25) is 11.8 Å². The van der Waals surface area contributed by atoms with Crippen molar-refractivity contribution in [3.8, 4) is 11.8 Å². The maximum absolute atomic E-state index is 10.1. The molecule has 0 aliphatic rings. The molecule has 21 heavy (non-hydrogen) atoms. The number of aromatic carboxylic acids is 2. The quantitative estimate of drug-likeness (QED) is 0.660. The van der Waals surface area contributed by atoms with E-state index in [4.69, 9.17) is 10.2 Å². The number of carbonyl (C=O) groups is 2. The van der Waals surface area contributed by atoms with Gasteiger partial charge in [0.1, 0.15) is 0 Å². The molecule has 0 amide bonds. The molecule has 0 fully saturated rings. The zero-order valence-corrected chi connectivity index (χ0v) is 11.3. The molecule has 111 valence electrons. The van der Waals surface area contributed by atoms with Crippen LogP contribution in [0, 0.1) is 0 Å². The first kappa shape index (κ1) is 18.3. The molecular formula is C12H8CoN2O6. The summed E-state index contributed by atoms with van der Waals surface area (Å²) < 4.78 is 0. The Morgan fingerprint density at radius 3 is 1.38 bits per heavy atom. The van der Waals surface area contributed by atoms with Gasteiger partial charge in [-0.3, -0.25) is 0 Å². The predicted octanol–water partition coefficient (Wildman–Crippen LogP) is -1.70. The minimum atomic E-state index is -1.32. The summed E-state index contributed by atoms with van der Waals surface area (Å²) in [6, 6.07) is 4.54. The fraction of sp³-hybridized carbons (Fsp3) is 0. The second-order valence-electron chi connectivity index (χ2n) is 3.38. The number of carboxylic acids is 2. The molecule has 0 saturated heterocycles. The van der Waals surface area contributed by atoms with Gasteiger partial charge in [0.15, 0.2) is 0 Å². The van der Waals surface area contributed by atoms with Crippen LogP contribution in [0.5, 0.6) is 11.8 Å². The van der Waals surface area contributed by atoms with Gasteiger partial charge in [0, 0.05) is 35.7 Å². The first-order chi connectivity index (χ1) is 9.40. The third-order valence-electron chi connectivity index (χ3n) is 1.96. The van der Waals surface area contributed by atoms with Crippen LogP contribution in [0.1, 0.15) is 20.7 Å². The fourth-order valence-corrected chi connectivity index (χ4v) is 1.09. The van der Waals surface area contributed by atoms with Crippen molar-refractivity contribution in [3.05, 3.63) is 47.8 Å². The molecule has 0 saturated carbocycles. The van der Waals surface area contributed by atoms with E-state index < -0.39 is 11.9 Å². The predicted molar refractivity (Wildman–Crippen MR) is 60.5 cm³/mol. The van der Waals surface area contributed by atoms with Crippen molar-refractivity contribution in [2.45, 2.75) is 0 Å². The number of nitrogens with zero attached hydrogens (tertiary/aromatic N) is 2.